The standard InChI is InChI=1S/C15H13N5/c16-9-11-5-7-12(8-6-11)14-4-2-1-3-13(14)10-19-20-15(17)18/h1-8,10H,(H4,17,18,20). The number of hydrogen-bond acceptors (Lipinski definition) is 3. The largest absolute Gasteiger partial charge is 0.369 e. The minimum atomic E-state index is -0.0860. The van der Waals surface area contributed by atoms with Crippen molar-refractivity contribution in [3.05, 3.63) is 59.7 Å². The molecule has 0 atom stereocenters. The number of nitrogens with zero attached hydrogens (tertiary/aromatic N) is 3. The van der Waals surface area contributed by atoms with E-state index in [2.05, 4.69) is 16.3 Å². The van der Waals surface area contributed by atoms with Gasteiger partial charge < -0.3 is 11.5 Å². The molecule has 0 aliphatic carbocycles. The Kier molecular flexibility index (Phi) is 4.10. The number of nitrogens with two attached hydrogens (primary N) is 2. The van der Waals surface area contributed by atoms with Crippen LogP contribution >= 0.6 is 0 Å². The summed E-state index contributed by atoms with van der Waals surface area (Å²) in [6.45, 7) is 0. The third kappa shape index (κ3) is 3.21. The van der Waals surface area contributed by atoms with Crippen molar-refractivity contribution in [3.8, 4) is 17.2 Å². The minimum absolute atomic E-state index is 0.0860. The Labute approximate surface area is 116 Å². The van der Waals surface area contributed by atoms with E-state index in [1.165, 1.54) is 0 Å². The van der Waals surface area contributed by atoms with Crippen LogP contribution in [-0.2, 0) is 0 Å². The molecule has 0 heterocycles. The van der Waals surface area contributed by atoms with Crippen LogP contribution in [0, 0.1) is 11.3 Å². The van der Waals surface area contributed by atoms with E-state index in [1.54, 1.807) is 18.3 Å². The quantitative estimate of drug-likeness (QED) is 0.502. The molecule has 0 aromatic heterocycles. The molecule has 2 aromatic carbocycles. The summed E-state index contributed by atoms with van der Waals surface area (Å²) < 4.78 is 0. The lowest BCUT2D eigenvalue weighted by Gasteiger charge is -2.05. The molecular weight excluding hydrogens is 250 g/mol. The van der Waals surface area contributed by atoms with Crippen molar-refractivity contribution < 1.29 is 0 Å². The molecule has 0 saturated carbocycles. The predicted molar refractivity (Wildman–Crippen MR) is 80.0 cm³/mol. The fraction of sp³-hybridized carbons (Fsp3) is 0. The van der Waals surface area contributed by atoms with Crippen LogP contribution < -0.4 is 11.5 Å². The van der Waals surface area contributed by atoms with E-state index in [1.807, 2.05) is 36.4 Å². The third-order valence-corrected chi connectivity index (χ3v) is 2.66. The number of benzene rings is 2. The molecule has 2 aromatic rings. The second-order valence-corrected chi connectivity index (χ2v) is 4.05. The molecule has 4 N–H and O–H groups in total. The van der Waals surface area contributed by atoms with Crippen molar-refractivity contribution in [2.45, 2.75) is 0 Å². The highest BCUT2D eigenvalue weighted by molar-refractivity contribution is 5.90. The molecule has 0 fully saturated rings. The van der Waals surface area contributed by atoms with Crippen LogP contribution in [0.2, 0.25) is 0 Å². The Morgan fingerprint density at radius 2 is 1.75 bits per heavy atom. The first-order chi connectivity index (χ1) is 9.70. The van der Waals surface area contributed by atoms with E-state index >= 15 is 0 Å². The molecule has 2 rings (SSSR count). The summed E-state index contributed by atoms with van der Waals surface area (Å²) in [5.41, 5.74) is 13.9. The van der Waals surface area contributed by atoms with Gasteiger partial charge in [-0.05, 0) is 23.3 Å². The van der Waals surface area contributed by atoms with Crippen molar-refractivity contribution in [2.75, 3.05) is 0 Å². The number of rotatable bonds is 3. The van der Waals surface area contributed by atoms with Gasteiger partial charge in [-0.25, -0.2) is 0 Å². The second kappa shape index (κ2) is 6.16. The normalized spacial score (nSPS) is 10.2. The maximum Gasteiger partial charge on any atom is 0.211 e. The van der Waals surface area contributed by atoms with E-state index in [9.17, 15) is 0 Å². The van der Waals surface area contributed by atoms with Crippen LogP contribution in [0.25, 0.3) is 11.1 Å². The molecule has 20 heavy (non-hydrogen) atoms. The van der Waals surface area contributed by atoms with Crippen molar-refractivity contribution >= 4 is 12.2 Å². The van der Waals surface area contributed by atoms with Crippen LogP contribution in [0.15, 0.2) is 58.7 Å². The molecule has 0 amide bonds. The first kappa shape index (κ1) is 13.3. The molecule has 5 heteroatoms. The van der Waals surface area contributed by atoms with E-state index < -0.39 is 0 Å². The first-order valence-corrected chi connectivity index (χ1v) is 5.92. The Balaban J connectivity index is 2.39. The molecule has 0 aliphatic rings. The number of guanidine groups is 1. The van der Waals surface area contributed by atoms with Gasteiger partial charge in [-0.3, -0.25) is 0 Å². The zero-order chi connectivity index (χ0) is 14.4. The minimum Gasteiger partial charge on any atom is -0.369 e. The number of nitriles is 1. The summed E-state index contributed by atoms with van der Waals surface area (Å²) in [7, 11) is 0. The molecule has 98 valence electrons. The average molecular weight is 263 g/mol. The first-order valence-electron chi connectivity index (χ1n) is 5.92. The van der Waals surface area contributed by atoms with Gasteiger partial charge in [0.25, 0.3) is 0 Å². The summed E-state index contributed by atoms with van der Waals surface area (Å²) in [5.74, 6) is -0.0860. The van der Waals surface area contributed by atoms with Crippen LogP contribution in [-0.4, -0.2) is 12.2 Å². The molecular formula is C15H13N5. The van der Waals surface area contributed by atoms with Gasteiger partial charge in [0.2, 0.25) is 5.96 Å². The van der Waals surface area contributed by atoms with Gasteiger partial charge in [-0.2, -0.15) is 10.4 Å². The van der Waals surface area contributed by atoms with Crippen molar-refractivity contribution in [1.82, 2.24) is 0 Å². The molecule has 0 unspecified atom stereocenters. The Morgan fingerprint density at radius 3 is 2.40 bits per heavy atom. The maximum atomic E-state index is 8.81. The highest BCUT2D eigenvalue weighted by Gasteiger charge is 2.02. The SMILES string of the molecule is N#Cc1ccc(-c2ccccc2C=NN=C(N)N)cc1. The summed E-state index contributed by atoms with van der Waals surface area (Å²) >= 11 is 0. The van der Waals surface area contributed by atoms with Crippen LogP contribution in [0.3, 0.4) is 0 Å². The van der Waals surface area contributed by atoms with Gasteiger partial charge in [0.05, 0.1) is 17.8 Å². The lowest BCUT2D eigenvalue weighted by Crippen LogP contribution is -2.21. The fourth-order valence-corrected chi connectivity index (χ4v) is 1.75. The second-order valence-electron chi connectivity index (χ2n) is 4.05. The highest BCUT2D eigenvalue weighted by atomic mass is 15.3. The van der Waals surface area contributed by atoms with Gasteiger partial charge in [-0.1, -0.05) is 36.4 Å². The van der Waals surface area contributed by atoms with E-state index in [0.717, 1.165) is 16.7 Å². The smallest absolute Gasteiger partial charge is 0.211 e. The predicted octanol–water partition coefficient (Wildman–Crippen LogP) is 1.83. The number of hydrogen-bond donors (Lipinski definition) is 2. The average Bonchev–Trinajstić information content (AvgIpc) is 2.47. The van der Waals surface area contributed by atoms with Crippen molar-refractivity contribution in [1.29, 1.82) is 5.26 Å². The van der Waals surface area contributed by atoms with Gasteiger partial charge >= 0.3 is 0 Å². The highest BCUT2D eigenvalue weighted by Crippen LogP contribution is 2.22. The third-order valence-electron chi connectivity index (χ3n) is 2.66. The van der Waals surface area contributed by atoms with Gasteiger partial charge in [0.15, 0.2) is 0 Å². The molecule has 5 nitrogen and oxygen atoms in total. The lowest BCUT2D eigenvalue weighted by atomic mass is 9.99. The Morgan fingerprint density at radius 1 is 1.05 bits per heavy atom. The van der Waals surface area contributed by atoms with E-state index in [-0.39, 0.29) is 5.96 Å². The van der Waals surface area contributed by atoms with Crippen LogP contribution in [0.1, 0.15) is 11.1 Å². The molecule has 0 saturated heterocycles. The zero-order valence-corrected chi connectivity index (χ0v) is 10.7. The zero-order valence-electron chi connectivity index (χ0n) is 10.7. The van der Waals surface area contributed by atoms with Gasteiger partial charge in [0, 0.05) is 5.56 Å². The molecule has 0 aliphatic heterocycles. The summed E-state index contributed by atoms with van der Waals surface area (Å²) in [5, 5.41) is 16.2. The Bertz CT molecular complexity index is 689. The van der Waals surface area contributed by atoms with E-state index in [0.29, 0.717) is 5.56 Å². The van der Waals surface area contributed by atoms with Gasteiger partial charge in [-0.15, -0.1) is 5.10 Å². The molecule has 0 bridgehead atoms. The van der Waals surface area contributed by atoms with Crippen LogP contribution in [0.4, 0.5) is 0 Å². The molecule has 0 radical (unpaired) electrons. The summed E-state index contributed by atoms with van der Waals surface area (Å²) in [6, 6.07) is 17.2. The topological polar surface area (TPSA) is 101 Å². The maximum absolute atomic E-state index is 8.81. The summed E-state index contributed by atoms with van der Waals surface area (Å²) in [6.07, 6.45) is 1.59. The van der Waals surface area contributed by atoms with Crippen molar-refractivity contribution in [2.24, 2.45) is 21.7 Å². The van der Waals surface area contributed by atoms with Gasteiger partial charge in [0.1, 0.15) is 0 Å². The fourth-order valence-electron chi connectivity index (χ4n) is 1.75. The summed E-state index contributed by atoms with van der Waals surface area (Å²) in [4.78, 5) is 0. The van der Waals surface area contributed by atoms with Crippen LogP contribution in [0.5, 0.6) is 0 Å². The van der Waals surface area contributed by atoms with E-state index in [4.69, 9.17) is 16.7 Å². The Hall–Kier alpha value is -3.13. The van der Waals surface area contributed by atoms with Crippen molar-refractivity contribution in [3.63, 3.8) is 0 Å². The molecule has 0 spiro atoms. The lowest BCUT2D eigenvalue weighted by molar-refractivity contribution is 1.21. The monoisotopic (exact) mass is 263 g/mol.